The number of aromatic nitrogens is 1. The van der Waals surface area contributed by atoms with Gasteiger partial charge < -0.3 is 4.74 Å². The van der Waals surface area contributed by atoms with E-state index in [0.717, 1.165) is 28.1 Å². The molecule has 1 aromatic heterocycles. The lowest BCUT2D eigenvalue weighted by Crippen LogP contribution is -1.88. The van der Waals surface area contributed by atoms with Crippen LogP contribution >= 0.6 is 11.6 Å². The van der Waals surface area contributed by atoms with E-state index in [-0.39, 0.29) is 6.10 Å². The van der Waals surface area contributed by atoms with E-state index in [1.165, 1.54) is 0 Å². The SMILES string of the molecule is Clc1ccc2cccnc2c1[C@@H]1CO1. The average Bonchev–Trinajstić information content (AvgIpc) is 3.01. The summed E-state index contributed by atoms with van der Waals surface area (Å²) in [6.45, 7) is 0.759. The molecule has 1 aliphatic rings. The Labute approximate surface area is 86.5 Å². The molecule has 1 saturated heterocycles. The predicted octanol–water partition coefficient (Wildman–Crippen LogP) is 2.96. The highest BCUT2D eigenvalue weighted by Gasteiger charge is 2.29. The maximum atomic E-state index is 6.12. The Bertz CT molecular complexity index is 494. The molecule has 0 aliphatic carbocycles. The van der Waals surface area contributed by atoms with Crippen molar-refractivity contribution in [2.75, 3.05) is 6.61 Å². The molecule has 70 valence electrons. The highest BCUT2D eigenvalue weighted by Crippen LogP contribution is 2.38. The molecule has 1 fully saturated rings. The van der Waals surface area contributed by atoms with Gasteiger partial charge in [0.15, 0.2) is 0 Å². The van der Waals surface area contributed by atoms with Crippen molar-refractivity contribution < 1.29 is 4.74 Å². The quantitative estimate of drug-likeness (QED) is 0.669. The maximum absolute atomic E-state index is 6.12. The Balaban J connectivity index is 2.37. The summed E-state index contributed by atoms with van der Waals surface area (Å²) in [7, 11) is 0. The van der Waals surface area contributed by atoms with E-state index in [9.17, 15) is 0 Å². The highest BCUT2D eigenvalue weighted by molar-refractivity contribution is 6.32. The fraction of sp³-hybridized carbons (Fsp3) is 0.182. The Kier molecular flexibility index (Phi) is 1.72. The molecular formula is C11H8ClNO. The van der Waals surface area contributed by atoms with E-state index < -0.39 is 0 Å². The molecule has 0 N–H and O–H groups in total. The largest absolute Gasteiger partial charge is 0.368 e. The van der Waals surface area contributed by atoms with E-state index in [4.69, 9.17) is 16.3 Å². The predicted molar refractivity (Wildman–Crippen MR) is 55.4 cm³/mol. The lowest BCUT2D eigenvalue weighted by atomic mass is 10.1. The molecule has 0 unspecified atom stereocenters. The third kappa shape index (κ3) is 1.19. The Morgan fingerprint density at radius 1 is 1.36 bits per heavy atom. The van der Waals surface area contributed by atoms with Gasteiger partial charge in [0.1, 0.15) is 6.10 Å². The molecule has 0 amide bonds. The van der Waals surface area contributed by atoms with Crippen LogP contribution < -0.4 is 0 Å². The molecule has 0 spiro atoms. The van der Waals surface area contributed by atoms with Gasteiger partial charge in [0.2, 0.25) is 0 Å². The second-order valence-electron chi connectivity index (χ2n) is 3.36. The first-order valence-electron chi connectivity index (χ1n) is 4.51. The van der Waals surface area contributed by atoms with E-state index >= 15 is 0 Å². The lowest BCUT2D eigenvalue weighted by Gasteiger charge is -2.04. The van der Waals surface area contributed by atoms with Crippen LogP contribution in [0.2, 0.25) is 5.02 Å². The molecule has 0 radical (unpaired) electrons. The van der Waals surface area contributed by atoms with Crippen LogP contribution in [0.1, 0.15) is 11.7 Å². The fourth-order valence-corrected chi connectivity index (χ4v) is 1.94. The number of hydrogen-bond acceptors (Lipinski definition) is 2. The fourth-order valence-electron chi connectivity index (χ4n) is 1.66. The number of nitrogens with zero attached hydrogens (tertiary/aromatic N) is 1. The van der Waals surface area contributed by atoms with E-state index in [2.05, 4.69) is 4.98 Å². The molecule has 2 heterocycles. The number of hydrogen-bond donors (Lipinski definition) is 0. The Morgan fingerprint density at radius 2 is 2.21 bits per heavy atom. The van der Waals surface area contributed by atoms with Crippen LogP contribution in [0.25, 0.3) is 10.9 Å². The second-order valence-corrected chi connectivity index (χ2v) is 3.77. The summed E-state index contributed by atoms with van der Waals surface area (Å²) in [5, 5.41) is 1.86. The zero-order chi connectivity index (χ0) is 9.54. The minimum atomic E-state index is 0.154. The van der Waals surface area contributed by atoms with Gasteiger partial charge in [0.05, 0.1) is 12.1 Å². The smallest absolute Gasteiger partial charge is 0.110 e. The second kappa shape index (κ2) is 2.94. The van der Waals surface area contributed by atoms with Gasteiger partial charge in [-0.05, 0) is 12.1 Å². The summed E-state index contributed by atoms with van der Waals surface area (Å²) >= 11 is 6.12. The van der Waals surface area contributed by atoms with E-state index in [0.29, 0.717) is 0 Å². The number of rotatable bonds is 1. The van der Waals surface area contributed by atoms with E-state index in [1.807, 2.05) is 24.3 Å². The summed E-state index contributed by atoms with van der Waals surface area (Å²) in [5.74, 6) is 0. The molecule has 14 heavy (non-hydrogen) atoms. The standard InChI is InChI=1S/C11H8ClNO/c12-8-4-3-7-2-1-5-13-11(7)10(8)9-6-14-9/h1-5,9H,6H2/t9-/m0/s1. The van der Waals surface area contributed by atoms with Crippen molar-refractivity contribution in [3.63, 3.8) is 0 Å². The number of benzene rings is 1. The van der Waals surface area contributed by atoms with Gasteiger partial charge in [-0.1, -0.05) is 23.7 Å². The summed E-state index contributed by atoms with van der Waals surface area (Å²) in [6.07, 6.45) is 1.94. The summed E-state index contributed by atoms with van der Waals surface area (Å²) in [4.78, 5) is 4.34. The van der Waals surface area contributed by atoms with Crippen molar-refractivity contribution in [3.05, 3.63) is 41.0 Å². The lowest BCUT2D eigenvalue weighted by molar-refractivity contribution is 0.416. The Hall–Kier alpha value is -1.12. The molecule has 1 aliphatic heterocycles. The molecule has 1 aromatic carbocycles. The zero-order valence-electron chi connectivity index (χ0n) is 7.40. The third-order valence-electron chi connectivity index (χ3n) is 2.42. The van der Waals surface area contributed by atoms with Gasteiger partial charge in [-0.3, -0.25) is 4.98 Å². The molecule has 3 rings (SSSR count). The maximum Gasteiger partial charge on any atom is 0.110 e. The van der Waals surface area contributed by atoms with Crippen LogP contribution in [0.3, 0.4) is 0 Å². The van der Waals surface area contributed by atoms with Crippen molar-refractivity contribution >= 4 is 22.5 Å². The number of halogens is 1. The van der Waals surface area contributed by atoms with Gasteiger partial charge >= 0.3 is 0 Å². The van der Waals surface area contributed by atoms with Gasteiger partial charge in [0, 0.05) is 22.2 Å². The molecular weight excluding hydrogens is 198 g/mol. The normalized spacial score (nSPS) is 19.9. The van der Waals surface area contributed by atoms with Gasteiger partial charge in [-0.2, -0.15) is 0 Å². The van der Waals surface area contributed by atoms with Crippen molar-refractivity contribution in [1.29, 1.82) is 0 Å². The summed E-state index contributed by atoms with van der Waals surface area (Å²) in [5.41, 5.74) is 1.99. The number of pyridine rings is 1. The summed E-state index contributed by atoms with van der Waals surface area (Å²) < 4.78 is 5.26. The van der Waals surface area contributed by atoms with Gasteiger partial charge in [-0.25, -0.2) is 0 Å². The minimum absolute atomic E-state index is 0.154. The van der Waals surface area contributed by atoms with Crippen LogP contribution in [0.15, 0.2) is 30.5 Å². The third-order valence-corrected chi connectivity index (χ3v) is 2.75. The molecule has 3 heteroatoms. The highest BCUT2D eigenvalue weighted by atomic mass is 35.5. The molecule has 0 bridgehead atoms. The topological polar surface area (TPSA) is 25.4 Å². The van der Waals surface area contributed by atoms with Crippen LogP contribution in [0, 0.1) is 0 Å². The molecule has 2 aromatic rings. The molecule has 0 saturated carbocycles. The minimum Gasteiger partial charge on any atom is -0.368 e. The van der Waals surface area contributed by atoms with Crippen LogP contribution in [0.4, 0.5) is 0 Å². The zero-order valence-corrected chi connectivity index (χ0v) is 8.16. The molecule has 1 atom stereocenters. The van der Waals surface area contributed by atoms with Crippen LogP contribution in [-0.4, -0.2) is 11.6 Å². The van der Waals surface area contributed by atoms with E-state index in [1.54, 1.807) is 6.20 Å². The monoisotopic (exact) mass is 205 g/mol. The first kappa shape index (κ1) is 8.21. The van der Waals surface area contributed by atoms with Gasteiger partial charge in [0.25, 0.3) is 0 Å². The number of ether oxygens (including phenoxy) is 1. The van der Waals surface area contributed by atoms with Crippen LogP contribution in [-0.2, 0) is 4.74 Å². The van der Waals surface area contributed by atoms with Crippen molar-refractivity contribution in [2.45, 2.75) is 6.10 Å². The molecule has 2 nitrogen and oxygen atoms in total. The Morgan fingerprint density at radius 3 is 3.00 bits per heavy atom. The first-order chi connectivity index (χ1) is 6.86. The average molecular weight is 206 g/mol. The van der Waals surface area contributed by atoms with Crippen molar-refractivity contribution in [2.24, 2.45) is 0 Å². The summed E-state index contributed by atoms with van der Waals surface area (Å²) in [6, 6.07) is 7.84. The first-order valence-corrected chi connectivity index (χ1v) is 4.89. The van der Waals surface area contributed by atoms with Crippen molar-refractivity contribution in [3.8, 4) is 0 Å². The number of fused-ring (bicyclic) bond motifs is 1. The van der Waals surface area contributed by atoms with Gasteiger partial charge in [-0.15, -0.1) is 0 Å². The number of epoxide rings is 1. The van der Waals surface area contributed by atoms with Crippen LogP contribution in [0.5, 0.6) is 0 Å². The van der Waals surface area contributed by atoms with Crippen molar-refractivity contribution in [1.82, 2.24) is 4.98 Å².